The molecule has 0 bridgehead atoms. The Morgan fingerprint density at radius 2 is 2.00 bits per heavy atom. The number of ether oxygens (including phenoxy) is 2. The van der Waals surface area contributed by atoms with Crippen LogP contribution in [-0.4, -0.2) is 94.1 Å². The Morgan fingerprint density at radius 1 is 1.38 bits per heavy atom. The molecule has 0 aromatic rings. The van der Waals surface area contributed by atoms with Crippen molar-refractivity contribution in [3.05, 3.63) is 0 Å². The lowest BCUT2D eigenvalue weighted by molar-refractivity contribution is -0.322. The number of nitrogens with two attached hydrogens (primary N) is 1. The smallest absolute Gasteiger partial charge is 0.237 e. The molecule has 8 N–H and O–H groups in total. The van der Waals surface area contributed by atoms with Gasteiger partial charge in [-0.1, -0.05) is 13.8 Å². The van der Waals surface area contributed by atoms with Crippen molar-refractivity contribution in [1.29, 1.82) is 0 Å². The Kier molecular flexibility index (Phi) is 8.83. The van der Waals surface area contributed by atoms with Crippen molar-refractivity contribution >= 4 is 5.91 Å². The van der Waals surface area contributed by atoms with Crippen LogP contribution in [0.1, 0.15) is 26.7 Å². The maximum Gasteiger partial charge on any atom is 0.237 e. The van der Waals surface area contributed by atoms with Crippen LogP contribution in [0.25, 0.3) is 0 Å². The van der Waals surface area contributed by atoms with Gasteiger partial charge < -0.3 is 46.1 Å². The van der Waals surface area contributed by atoms with Crippen LogP contribution in [0.3, 0.4) is 0 Å². The van der Waals surface area contributed by atoms with Crippen LogP contribution in [0.5, 0.6) is 0 Å². The molecule has 7 atom stereocenters. The molecule has 0 unspecified atom stereocenters. The molecule has 1 aliphatic rings. The fourth-order valence-corrected chi connectivity index (χ4v) is 3.01. The van der Waals surface area contributed by atoms with Gasteiger partial charge >= 0.3 is 0 Å². The molecule has 0 aromatic carbocycles. The molecule has 10 nitrogen and oxygen atoms in total. The molecular weight excluding hydrogens is 348 g/mol. The lowest BCUT2D eigenvalue weighted by atomic mass is 9.88. The van der Waals surface area contributed by atoms with E-state index < -0.39 is 61.4 Å². The molecule has 0 saturated carbocycles. The summed E-state index contributed by atoms with van der Waals surface area (Å²) in [5.74, 6) is -1.98. The number of methoxy groups -OCH3 is 1. The van der Waals surface area contributed by atoms with Gasteiger partial charge in [-0.15, -0.1) is 0 Å². The minimum Gasteiger partial charge on any atom is -0.394 e. The van der Waals surface area contributed by atoms with Gasteiger partial charge in [-0.05, 0) is 12.3 Å². The average Bonchev–Trinajstić information content (AvgIpc) is 2.61. The number of hydrogen-bond donors (Lipinski definition) is 7. The summed E-state index contributed by atoms with van der Waals surface area (Å²) < 4.78 is 10.7. The highest BCUT2D eigenvalue weighted by Crippen LogP contribution is 2.32. The van der Waals surface area contributed by atoms with E-state index in [0.29, 0.717) is 6.42 Å². The van der Waals surface area contributed by atoms with Gasteiger partial charge in [0, 0.05) is 13.5 Å². The van der Waals surface area contributed by atoms with Crippen LogP contribution in [0.4, 0.5) is 0 Å². The van der Waals surface area contributed by atoms with E-state index in [4.69, 9.17) is 20.3 Å². The second-order valence-corrected chi connectivity index (χ2v) is 7.14. The molecule has 1 heterocycles. The molecule has 10 heteroatoms. The van der Waals surface area contributed by atoms with E-state index in [-0.39, 0.29) is 12.3 Å². The number of aliphatic hydroxyl groups is 5. The first-order valence-electron chi connectivity index (χ1n) is 8.65. The summed E-state index contributed by atoms with van der Waals surface area (Å²) in [6.07, 6.45) is -5.59. The molecule has 1 saturated heterocycles. The van der Waals surface area contributed by atoms with Gasteiger partial charge in [0.15, 0.2) is 5.79 Å². The van der Waals surface area contributed by atoms with Crippen LogP contribution >= 0.6 is 0 Å². The van der Waals surface area contributed by atoms with Crippen LogP contribution in [0, 0.1) is 5.92 Å². The Morgan fingerprint density at radius 3 is 2.46 bits per heavy atom. The fraction of sp³-hybridized carbons (Fsp3) is 0.938. The van der Waals surface area contributed by atoms with E-state index in [1.165, 1.54) is 7.11 Å². The van der Waals surface area contributed by atoms with Crippen molar-refractivity contribution in [3.63, 3.8) is 0 Å². The van der Waals surface area contributed by atoms with E-state index in [0.717, 1.165) is 0 Å². The number of carbonyl (C=O) groups excluding carboxylic acids is 1. The van der Waals surface area contributed by atoms with E-state index >= 15 is 0 Å². The number of amides is 1. The number of aliphatic hydroxyl groups excluding tert-OH is 5. The number of carbonyl (C=O) groups is 1. The molecule has 154 valence electrons. The topological polar surface area (TPSA) is 175 Å². The third kappa shape index (κ3) is 5.57. The number of hydrogen-bond acceptors (Lipinski definition) is 9. The van der Waals surface area contributed by atoms with E-state index in [1.54, 1.807) is 0 Å². The first-order valence-corrected chi connectivity index (χ1v) is 8.65. The maximum absolute atomic E-state index is 12.3. The van der Waals surface area contributed by atoms with Crippen molar-refractivity contribution < 1.29 is 39.8 Å². The van der Waals surface area contributed by atoms with Crippen molar-refractivity contribution in [2.45, 2.75) is 69.0 Å². The fourth-order valence-electron chi connectivity index (χ4n) is 3.01. The lowest BCUT2D eigenvalue weighted by Gasteiger charge is -2.47. The van der Waals surface area contributed by atoms with Gasteiger partial charge in [-0.3, -0.25) is 4.79 Å². The normalized spacial score (nSPS) is 32.9. The molecule has 1 amide bonds. The highest BCUT2D eigenvalue weighted by molar-refractivity contribution is 5.81. The molecular formula is C16H32N2O8. The first kappa shape index (κ1) is 23.2. The Hall–Kier alpha value is -0.850. The van der Waals surface area contributed by atoms with E-state index in [9.17, 15) is 25.2 Å². The van der Waals surface area contributed by atoms with E-state index in [2.05, 4.69) is 5.32 Å². The van der Waals surface area contributed by atoms with Gasteiger partial charge in [0.1, 0.15) is 18.3 Å². The largest absolute Gasteiger partial charge is 0.394 e. The van der Waals surface area contributed by atoms with Gasteiger partial charge in [-0.2, -0.15) is 0 Å². The summed E-state index contributed by atoms with van der Waals surface area (Å²) in [5.41, 5.74) is 5.84. The Balaban J connectivity index is 3.03. The van der Waals surface area contributed by atoms with E-state index in [1.807, 2.05) is 13.8 Å². The molecule has 0 radical (unpaired) electrons. The minimum atomic E-state index is -1.65. The van der Waals surface area contributed by atoms with Crippen molar-refractivity contribution in [2.75, 3.05) is 20.3 Å². The lowest BCUT2D eigenvalue weighted by Crippen LogP contribution is -2.67. The zero-order valence-corrected chi connectivity index (χ0v) is 15.4. The van der Waals surface area contributed by atoms with Crippen LogP contribution in [-0.2, 0) is 14.3 Å². The molecule has 26 heavy (non-hydrogen) atoms. The molecule has 1 fully saturated rings. The highest BCUT2D eigenvalue weighted by Gasteiger charge is 2.51. The van der Waals surface area contributed by atoms with Crippen LogP contribution in [0.2, 0.25) is 0 Å². The monoisotopic (exact) mass is 380 g/mol. The zero-order chi connectivity index (χ0) is 20.1. The van der Waals surface area contributed by atoms with Crippen molar-refractivity contribution in [3.8, 4) is 0 Å². The number of rotatable bonds is 9. The number of nitrogens with one attached hydrogen (secondary N) is 1. The third-order valence-corrected chi connectivity index (χ3v) is 4.54. The van der Waals surface area contributed by atoms with Crippen LogP contribution in [0.15, 0.2) is 0 Å². The summed E-state index contributed by atoms with van der Waals surface area (Å²) in [7, 11) is 1.26. The average molecular weight is 380 g/mol. The second kappa shape index (κ2) is 9.90. The molecule has 0 spiro atoms. The predicted octanol–water partition coefficient (Wildman–Crippen LogP) is -2.96. The van der Waals surface area contributed by atoms with Crippen LogP contribution < -0.4 is 11.1 Å². The van der Waals surface area contributed by atoms with Crippen molar-refractivity contribution in [1.82, 2.24) is 5.32 Å². The summed E-state index contributed by atoms with van der Waals surface area (Å²) in [5, 5.41) is 51.7. The van der Waals surface area contributed by atoms with Crippen molar-refractivity contribution in [2.24, 2.45) is 11.7 Å². The molecule has 1 rings (SSSR count). The highest BCUT2D eigenvalue weighted by atomic mass is 16.7. The predicted molar refractivity (Wildman–Crippen MR) is 90.8 cm³/mol. The third-order valence-electron chi connectivity index (χ3n) is 4.54. The Bertz CT molecular complexity index is 446. The van der Waals surface area contributed by atoms with Gasteiger partial charge in [0.25, 0.3) is 0 Å². The first-order chi connectivity index (χ1) is 12.1. The zero-order valence-electron chi connectivity index (χ0n) is 15.4. The summed E-state index contributed by atoms with van der Waals surface area (Å²) in [6, 6.07) is -1.94. The summed E-state index contributed by atoms with van der Waals surface area (Å²) >= 11 is 0. The maximum atomic E-state index is 12.3. The Labute approximate surface area is 152 Å². The SMILES string of the molecule is CO[C@@]1(CO)C[C@H](O)[C@@H](NC(=O)[C@@H](N)CC(C)C)[C@H]([C@H](O)[C@H](O)CO)O1. The second-order valence-electron chi connectivity index (χ2n) is 7.14. The molecule has 1 aliphatic heterocycles. The van der Waals surface area contributed by atoms with Gasteiger partial charge in [0.05, 0.1) is 31.4 Å². The summed E-state index contributed by atoms with van der Waals surface area (Å²) in [4.78, 5) is 12.3. The molecule has 0 aromatic heterocycles. The quantitative estimate of drug-likeness (QED) is 0.220. The van der Waals surface area contributed by atoms with Gasteiger partial charge in [0.2, 0.25) is 5.91 Å². The summed E-state index contributed by atoms with van der Waals surface area (Å²) in [6.45, 7) is 2.43. The standard InChI is InChI=1S/C16H32N2O8/c1-8(2)4-9(17)15(24)18-12-10(21)5-16(7-20,25-3)26-14(12)13(23)11(22)6-19/h8-14,19-23H,4-7,17H2,1-3H3,(H,18,24)/t9-,10-,11+,12+,13+,14+,16-/m0/s1. The molecule has 0 aliphatic carbocycles. The van der Waals surface area contributed by atoms with Gasteiger partial charge in [-0.25, -0.2) is 0 Å². The minimum absolute atomic E-state index is 0.177.